The molecule has 1 aromatic carbocycles. The first-order valence-electron chi connectivity index (χ1n) is 9.88. The molecule has 0 unspecified atom stereocenters. The van der Waals surface area contributed by atoms with Crippen LogP contribution in [0.25, 0.3) is 0 Å². The van der Waals surface area contributed by atoms with Crippen molar-refractivity contribution in [3.8, 4) is 5.75 Å². The molecule has 1 saturated heterocycles. The molecule has 33 heavy (non-hydrogen) atoms. The molecule has 0 aromatic heterocycles. The van der Waals surface area contributed by atoms with E-state index >= 15 is 0 Å². The fraction of sp³-hybridized carbons (Fsp3) is 0.476. The Kier molecular flexibility index (Phi) is 8.74. The Morgan fingerprint density at radius 3 is 1.97 bits per heavy atom. The number of phenols is 1. The second-order valence-corrected chi connectivity index (χ2v) is 7.17. The van der Waals surface area contributed by atoms with Crippen LogP contribution in [0.5, 0.6) is 5.75 Å². The first-order chi connectivity index (χ1) is 15.5. The largest absolute Gasteiger partial charge is 0.508 e. The van der Waals surface area contributed by atoms with Crippen LogP contribution in [-0.4, -0.2) is 72.1 Å². The predicted octanol–water partition coefficient (Wildman–Crippen LogP) is 0.205. The van der Waals surface area contributed by atoms with E-state index in [0.29, 0.717) is 0 Å². The Bertz CT molecular complexity index is 898. The highest BCUT2D eigenvalue weighted by molar-refractivity contribution is 5.89. The molecule has 12 heteroatoms. The van der Waals surface area contributed by atoms with Crippen LogP contribution in [0.1, 0.15) is 38.1 Å². The van der Waals surface area contributed by atoms with Gasteiger partial charge in [-0.1, -0.05) is 0 Å². The van der Waals surface area contributed by atoms with E-state index in [1.165, 1.54) is 31.2 Å². The maximum Gasteiger partial charge on any atom is 0.340 e. The van der Waals surface area contributed by atoms with Crippen LogP contribution in [0.2, 0.25) is 0 Å². The van der Waals surface area contributed by atoms with Crippen LogP contribution in [0.15, 0.2) is 24.3 Å². The fourth-order valence-electron chi connectivity index (χ4n) is 3.16. The number of benzene rings is 1. The molecule has 1 aliphatic rings. The minimum Gasteiger partial charge on any atom is -0.508 e. The van der Waals surface area contributed by atoms with Crippen molar-refractivity contribution in [2.24, 2.45) is 0 Å². The highest BCUT2D eigenvalue weighted by Gasteiger charge is 2.52. The molecule has 1 fully saturated rings. The van der Waals surface area contributed by atoms with E-state index in [9.17, 15) is 29.1 Å². The Morgan fingerprint density at radius 1 is 0.879 bits per heavy atom. The quantitative estimate of drug-likeness (QED) is 0.416. The summed E-state index contributed by atoms with van der Waals surface area (Å²) in [5.74, 6) is -3.72. The van der Waals surface area contributed by atoms with Crippen LogP contribution >= 0.6 is 0 Å². The molecular weight excluding hydrogens is 442 g/mol. The van der Waals surface area contributed by atoms with E-state index in [4.69, 9.17) is 23.7 Å². The molecule has 1 heterocycles. The van der Waals surface area contributed by atoms with Gasteiger partial charge in [0.1, 0.15) is 24.5 Å². The molecule has 2 rings (SSSR count). The monoisotopic (exact) mass is 467 g/mol. The Labute approximate surface area is 189 Å². The number of carbonyl (C=O) groups is 5. The number of hydrogen-bond donors (Lipinski definition) is 2. The van der Waals surface area contributed by atoms with Crippen molar-refractivity contribution >= 4 is 29.8 Å². The molecule has 0 bridgehead atoms. The highest BCUT2D eigenvalue weighted by Crippen LogP contribution is 2.28. The van der Waals surface area contributed by atoms with Crippen LogP contribution in [-0.2, 0) is 42.9 Å². The molecule has 2 N–H and O–H groups in total. The molecule has 1 aliphatic heterocycles. The molecule has 180 valence electrons. The number of aromatic hydroxyl groups is 1. The van der Waals surface area contributed by atoms with Crippen LogP contribution in [0.3, 0.4) is 0 Å². The van der Waals surface area contributed by atoms with Gasteiger partial charge in [-0.25, -0.2) is 4.79 Å². The third kappa shape index (κ3) is 7.45. The first-order valence-corrected chi connectivity index (χ1v) is 9.88. The van der Waals surface area contributed by atoms with Gasteiger partial charge < -0.3 is 34.1 Å². The van der Waals surface area contributed by atoms with Gasteiger partial charge in [-0.05, 0) is 24.3 Å². The van der Waals surface area contributed by atoms with Crippen molar-refractivity contribution in [1.29, 1.82) is 0 Å². The average molecular weight is 467 g/mol. The summed E-state index contributed by atoms with van der Waals surface area (Å²) < 4.78 is 26.7. The number of esters is 4. The van der Waals surface area contributed by atoms with Crippen molar-refractivity contribution in [2.45, 2.75) is 58.3 Å². The third-order valence-corrected chi connectivity index (χ3v) is 4.40. The normalized spacial score (nSPS) is 24.2. The topological polar surface area (TPSA) is 164 Å². The van der Waals surface area contributed by atoms with Crippen molar-refractivity contribution in [2.75, 3.05) is 6.61 Å². The minimum absolute atomic E-state index is 0.0562. The average Bonchev–Trinajstić information content (AvgIpc) is 2.70. The summed E-state index contributed by atoms with van der Waals surface area (Å²) in [5, 5.41) is 11.9. The first kappa shape index (κ1) is 25.6. The van der Waals surface area contributed by atoms with Gasteiger partial charge in [-0.3, -0.25) is 19.2 Å². The Hall–Kier alpha value is -3.67. The lowest BCUT2D eigenvalue weighted by Crippen LogP contribution is -2.66. The summed E-state index contributed by atoms with van der Waals surface area (Å²) in [6.45, 7) is 4.11. The maximum absolute atomic E-state index is 12.6. The second-order valence-electron chi connectivity index (χ2n) is 7.17. The van der Waals surface area contributed by atoms with Gasteiger partial charge in [0, 0.05) is 27.7 Å². The van der Waals surface area contributed by atoms with Gasteiger partial charge >= 0.3 is 23.9 Å². The molecular formula is C21H25NO11. The predicted molar refractivity (Wildman–Crippen MR) is 108 cm³/mol. The lowest BCUT2D eigenvalue weighted by atomic mass is 9.96. The molecule has 1 amide bonds. The summed E-state index contributed by atoms with van der Waals surface area (Å²) in [6, 6.07) is 3.87. The van der Waals surface area contributed by atoms with E-state index in [-0.39, 0.29) is 11.3 Å². The van der Waals surface area contributed by atoms with E-state index in [2.05, 4.69) is 5.32 Å². The zero-order valence-corrected chi connectivity index (χ0v) is 18.4. The number of phenolic OH excluding ortho intramolecular Hbond substituents is 1. The van der Waals surface area contributed by atoms with Crippen LogP contribution in [0, 0.1) is 0 Å². The van der Waals surface area contributed by atoms with Crippen molar-refractivity contribution < 1.29 is 52.8 Å². The van der Waals surface area contributed by atoms with Crippen LogP contribution < -0.4 is 5.32 Å². The summed E-state index contributed by atoms with van der Waals surface area (Å²) in [4.78, 5) is 59.3. The molecule has 5 atom stereocenters. The molecule has 0 saturated carbocycles. The summed E-state index contributed by atoms with van der Waals surface area (Å²) in [6.07, 6.45) is -5.37. The number of carbonyl (C=O) groups excluding carboxylic acids is 5. The molecule has 0 aliphatic carbocycles. The number of rotatable bonds is 7. The van der Waals surface area contributed by atoms with Crippen molar-refractivity contribution in [3.63, 3.8) is 0 Å². The molecule has 0 radical (unpaired) electrons. The Morgan fingerprint density at radius 2 is 1.45 bits per heavy atom. The highest BCUT2D eigenvalue weighted by atomic mass is 16.7. The number of nitrogens with one attached hydrogen (secondary N) is 1. The number of hydrogen-bond acceptors (Lipinski definition) is 11. The van der Waals surface area contributed by atoms with Gasteiger partial charge in [-0.15, -0.1) is 0 Å². The van der Waals surface area contributed by atoms with Crippen molar-refractivity contribution in [3.05, 3.63) is 29.8 Å². The van der Waals surface area contributed by atoms with Crippen molar-refractivity contribution in [1.82, 2.24) is 5.32 Å². The lowest BCUT2D eigenvalue weighted by molar-refractivity contribution is -0.263. The lowest BCUT2D eigenvalue weighted by Gasteiger charge is -2.44. The van der Waals surface area contributed by atoms with Gasteiger partial charge in [0.25, 0.3) is 0 Å². The van der Waals surface area contributed by atoms with E-state index in [1.807, 2.05) is 0 Å². The zero-order chi connectivity index (χ0) is 24.7. The van der Waals surface area contributed by atoms with Crippen LogP contribution in [0.4, 0.5) is 0 Å². The van der Waals surface area contributed by atoms with E-state index in [1.54, 1.807) is 0 Å². The number of amides is 1. The standard InChI is InChI=1S/C21H25NO11/c1-10(23)22-17-19(31-13(4)26)18(30-12(3)25)16(9-29-11(2)24)32-21(17)33-20(28)14-5-7-15(27)8-6-14/h5-8,16-19,21,27H,9H2,1-4H3,(H,22,23)/t16-,17-,18+,19+,21+/m0/s1. The van der Waals surface area contributed by atoms with Gasteiger partial charge in [0.15, 0.2) is 12.2 Å². The number of ether oxygens (including phenoxy) is 5. The fourth-order valence-corrected chi connectivity index (χ4v) is 3.16. The molecule has 1 aromatic rings. The molecule has 12 nitrogen and oxygen atoms in total. The zero-order valence-electron chi connectivity index (χ0n) is 18.4. The SMILES string of the molecule is CC(=O)N[C@@H]1[C@@H](OC(=O)c2ccc(O)cc2)O[C@@H](COC(C)=O)[C@@H](OC(C)=O)[C@@H]1OC(C)=O. The third-order valence-electron chi connectivity index (χ3n) is 4.40. The smallest absolute Gasteiger partial charge is 0.340 e. The maximum atomic E-state index is 12.6. The molecule has 0 spiro atoms. The van der Waals surface area contributed by atoms with E-state index in [0.717, 1.165) is 20.8 Å². The van der Waals surface area contributed by atoms with Gasteiger partial charge in [0.2, 0.25) is 12.2 Å². The summed E-state index contributed by atoms with van der Waals surface area (Å²) in [7, 11) is 0. The summed E-state index contributed by atoms with van der Waals surface area (Å²) in [5.41, 5.74) is 0.0562. The second kappa shape index (κ2) is 11.3. The summed E-state index contributed by atoms with van der Waals surface area (Å²) >= 11 is 0. The minimum atomic E-state index is -1.52. The Balaban J connectivity index is 2.42. The van der Waals surface area contributed by atoms with Gasteiger partial charge in [0.05, 0.1) is 5.56 Å². The van der Waals surface area contributed by atoms with Gasteiger partial charge in [-0.2, -0.15) is 0 Å². The van der Waals surface area contributed by atoms with E-state index < -0.39 is 67.0 Å².